The molecule has 2 heteroatoms. The molecule has 0 saturated heterocycles. The predicted molar refractivity (Wildman–Crippen MR) is 101 cm³/mol. The molecule has 1 aromatic rings. The lowest BCUT2D eigenvalue weighted by Gasteiger charge is -2.06. The van der Waals surface area contributed by atoms with Gasteiger partial charge in [-0.2, -0.15) is 0 Å². The van der Waals surface area contributed by atoms with Crippen LogP contribution in [0.25, 0.3) is 0 Å². The molecule has 0 spiro atoms. The van der Waals surface area contributed by atoms with Crippen molar-refractivity contribution >= 4 is 0 Å². The average Bonchev–Trinajstić information content (AvgIpc) is 2.94. The lowest BCUT2D eigenvalue weighted by atomic mass is 10.1. The van der Waals surface area contributed by atoms with Gasteiger partial charge in [-0.15, -0.1) is 0 Å². The third-order valence-electron chi connectivity index (χ3n) is 4.85. The molecule has 1 rings (SSSR count). The second-order valence-electron chi connectivity index (χ2n) is 7.03. The van der Waals surface area contributed by atoms with E-state index in [0.29, 0.717) is 0 Å². The lowest BCUT2D eigenvalue weighted by molar-refractivity contribution is -0.704. The molecule has 0 bridgehead atoms. The first-order valence-electron chi connectivity index (χ1n) is 10.4. The van der Waals surface area contributed by atoms with Gasteiger partial charge in [-0.25, -0.2) is 9.13 Å². The fourth-order valence-electron chi connectivity index (χ4n) is 3.32. The molecule has 134 valence electrons. The van der Waals surface area contributed by atoms with Gasteiger partial charge in [-0.3, -0.25) is 0 Å². The minimum atomic E-state index is 1.21. The molecule has 1 heterocycles. The van der Waals surface area contributed by atoms with Crippen LogP contribution in [-0.4, -0.2) is 4.57 Å². The molecule has 0 aromatic carbocycles. The summed E-state index contributed by atoms with van der Waals surface area (Å²) < 4.78 is 5.09. The summed E-state index contributed by atoms with van der Waals surface area (Å²) in [6, 6.07) is 0. The van der Waals surface area contributed by atoms with Crippen molar-refractivity contribution in [2.45, 2.75) is 117 Å². The van der Waals surface area contributed by atoms with Crippen molar-refractivity contribution in [3.8, 4) is 0 Å². The average molecular weight is 322 g/mol. The summed E-state index contributed by atoms with van der Waals surface area (Å²) in [4.78, 5) is 0. The van der Waals surface area contributed by atoms with Gasteiger partial charge in [-0.05, 0) is 32.1 Å². The van der Waals surface area contributed by atoms with Gasteiger partial charge in [0, 0.05) is 6.42 Å². The summed E-state index contributed by atoms with van der Waals surface area (Å²) in [6.45, 7) is 9.30. The van der Waals surface area contributed by atoms with E-state index < -0.39 is 0 Å². The Labute approximate surface area is 145 Å². The summed E-state index contributed by atoms with van der Waals surface area (Å²) in [5, 5.41) is 0. The molecule has 0 saturated carbocycles. The Morgan fingerprint density at radius 3 is 2.00 bits per heavy atom. The third-order valence-corrected chi connectivity index (χ3v) is 4.85. The van der Waals surface area contributed by atoms with Crippen molar-refractivity contribution in [2.75, 3.05) is 0 Å². The van der Waals surface area contributed by atoms with Crippen molar-refractivity contribution in [3.63, 3.8) is 0 Å². The number of unbranched alkanes of at least 4 members (excludes halogenated alkanes) is 9. The van der Waals surface area contributed by atoms with E-state index in [1.807, 2.05) is 0 Å². The van der Waals surface area contributed by atoms with Crippen LogP contribution < -0.4 is 4.57 Å². The quantitative estimate of drug-likeness (QED) is 0.274. The summed E-state index contributed by atoms with van der Waals surface area (Å²) >= 11 is 0. The van der Waals surface area contributed by atoms with Gasteiger partial charge < -0.3 is 0 Å². The smallest absolute Gasteiger partial charge is 0.234 e. The molecule has 0 radical (unpaired) electrons. The van der Waals surface area contributed by atoms with Crippen molar-refractivity contribution in [3.05, 3.63) is 18.2 Å². The van der Waals surface area contributed by atoms with E-state index >= 15 is 0 Å². The first-order valence-corrected chi connectivity index (χ1v) is 10.4. The molecule has 1 aromatic heterocycles. The maximum absolute atomic E-state index is 2.54. The van der Waals surface area contributed by atoms with Crippen LogP contribution in [0, 0.1) is 0 Å². The van der Waals surface area contributed by atoms with Gasteiger partial charge >= 0.3 is 0 Å². The standard InChI is InChI=1S/C21H41N2/c1-4-7-10-13-16-21-22(17-14-11-8-5-2)19-20-23(21)18-15-12-9-6-3/h19-20H,4-18H2,1-3H3/q+1. The van der Waals surface area contributed by atoms with E-state index in [4.69, 9.17) is 0 Å². The van der Waals surface area contributed by atoms with E-state index in [0.717, 1.165) is 0 Å². The van der Waals surface area contributed by atoms with E-state index in [2.05, 4.69) is 42.3 Å². The molecule has 0 aliphatic carbocycles. The summed E-state index contributed by atoms with van der Waals surface area (Å²) in [6.07, 6.45) is 22.2. The number of hydrogen-bond acceptors (Lipinski definition) is 0. The number of aromatic nitrogens is 2. The molecule has 0 aliphatic heterocycles. The molecular weight excluding hydrogens is 280 g/mol. The second-order valence-corrected chi connectivity index (χ2v) is 7.03. The maximum atomic E-state index is 2.54. The molecule has 0 unspecified atom stereocenters. The Hall–Kier alpha value is -0.790. The van der Waals surface area contributed by atoms with Gasteiger partial charge in [0.05, 0.1) is 13.1 Å². The zero-order valence-electron chi connectivity index (χ0n) is 16.2. The maximum Gasteiger partial charge on any atom is 0.256 e. The van der Waals surface area contributed by atoms with Crippen molar-refractivity contribution in [2.24, 2.45) is 0 Å². The van der Waals surface area contributed by atoms with E-state index in [1.54, 1.807) is 5.82 Å². The van der Waals surface area contributed by atoms with Gasteiger partial charge in [-0.1, -0.05) is 65.7 Å². The first kappa shape index (κ1) is 20.3. The van der Waals surface area contributed by atoms with Crippen molar-refractivity contribution in [1.29, 1.82) is 0 Å². The minimum Gasteiger partial charge on any atom is -0.234 e. The van der Waals surface area contributed by atoms with Gasteiger partial charge in [0.2, 0.25) is 0 Å². The van der Waals surface area contributed by atoms with Crippen molar-refractivity contribution in [1.82, 2.24) is 4.57 Å². The first-order chi connectivity index (χ1) is 11.3. The van der Waals surface area contributed by atoms with Gasteiger partial charge in [0.15, 0.2) is 0 Å². The highest BCUT2D eigenvalue weighted by molar-refractivity contribution is 4.84. The Kier molecular flexibility index (Phi) is 12.0. The number of nitrogens with zero attached hydrogens (tertiary/aromatic N) is 2. The summed E-state index contributed by atoms with van der Waals surface area (Å²) in [7, 11) is 0. The van der Waals surface area contributed by atoms with Gasteiger partial charge in [0.1, 0.15) is 12.4 Å². The molecular formula is C21H41N2+. The molecule has 0 amide bonds. The topological polar surface area (TPSA) is 8.81 Å². The fourth-order valence-corrected chi connectivity index (χ4v) is 3.32. The Bertz CT molecular complexity index is 352. The summed E-state index contributed by atoms with van der Waals surface area (Å²) in [5.74, 6) is 1.58. The SMILES string of the molecule is CCCCCCc1n(CCCCCC)cc[n+]1CCCCCC. The van der Waals surface area contributed by atoms with Crippen LogP contribution in [0.3, 0.4) is 0 Å². The lowest BCUT2D eigenvalue weighted by Crippen LogP contribution is -2.37. The molecule has 2 nitrogen and oxygen atoms in total. The highest BCUT2D eigenvalue weighted by atomic mass is 15.1. The second kappa shape index (κ2) is 13.6. The highest BCUT2D eigenvalue weighted by Crippen LogP contribution is 2.09. The van der Waals surface area contributed by atoms with Gasteiger partial charge in [0.25, 0.3) is 5.82 Å². The Morgan fingerprint density at radius 1 is 0.739 bits per heavy atom. The van der Waals surface area contributed by atoms with Crippen LogP contribution in [0.15, 0.2) is 12.4 Å². The molecule has 0 N–H and O–H groups in total. The van der Waals surface area contributed by atoms with E-state index in [-0.39, 0.29) is 0 Å². The molecule has 23 heavy (non-hydrogen) atoms. The zero-order valence-corrected chi connectivity index (χ0v) is 16.2. The summed E-state index contributed by atoms with van der Waals surface area (Å²) in [5.41, 5.74) is 0. The largest absolute Gasteiger partial charge is 0.256 e. The Morgan fingerprint density at radius 2 is 1.35 bits per heavy atom. The van der Waals surface area contributed by atoms with Crippen LogP contribution >= 0.6 is 0 Å². The number of hydrogen-bond donors (Lipinski definition) is 0. The normalized spacial score (nSPS) is 11.3. The van der Waals surface area contributed by atoms with Crippen LogP contribution in [-0.2, 0) is 19.5 Å². The monoisotopic (exact) mass is 321 g/mol. The highest BCUT2D eigenvalue weighted by Gasteiger charge is 2.16. The van der Waals surface area contributed by atoms with Crippen LogP contribution in [0.1, 0.15) is 104 Å². The minimum absolute atomic E-state index is 1.21. The Balaban J connectivity index is 2.53. The fraction of sp³-hybridized carbons (Fsp3) is 0.857. The van der Waals surface area contributed by atoms with Crippen molar-refractivity contribution < 1.29 is 4.57 Å². The predicted octanol–water partition coefficient (Wildman–Crippen LogP) is 6.06. The van der Waals surface area contributed by atoms with Crippen LogP contribution in [0.2, 0.25) is 0 Å². The molecule has 0 atom stereocenters. The molecule has 0 fully saturated rings. The van der Waals surface area contributed by atoms with Crippen LogP contribution in [0.5, 0.6) is 0 Å². The van der Waals surface area contributed by atoms with Crippen LogP contribution in [0.4, 0.5) is 0 Å². The number of imidazole rings is 1. The van der Waals surface area contributed by atoms with E-state index in [1.165, 1.54) is 96.6 Å². The number of rotatable bonds is 15. The number of aryl methyl sites for hydroxylation is 2. The third kappa shape index (κ3) is 8.58. The zero-order chi connectivity index (χ0) is 16.8. The van der Waals surface area contributed by atoms with E-state index in [9.17, 15) is 0 Å². The molecule has 0 aliphatic rings.